The average molecular weight is 251 g/mol. The Kier molecular flexibility index (Phi) is 3.59. The summed E-state index contributed by atoms with van der Waals surface area (Å²) in [6.07, 6.45) is 0. The second-order valence-electron chi connectivity index (χ2n) is 5.54. The lowest BCUT2D eigenvalue weighted by molar-refractivity contribution is 0.590. The van der Waals surface area contributed by atoms with Gasteiger partial charge in [0.05, 0.1) is 0 Å². The zero-order valence-corrected chi connectivity index (χ0v) is 11.5. The number of nitrogens with zero attached hydrogens (tertiary/aromatic N) is 3. The highest BCUT2D eigenvalue weighted by Gasteiger charge is 2.15. The van der Waals surface area contributed by atoms with Gasteiger partial charge in [0.1, 0.15) is 0 Å². The maximum Gasteiger partial charge on any atom is 0.0453 e. The Bertz CT molecular complexity index is 618. The molecule has 0 radical (unpaired) electrons. The summed E-state index contributed by atoms with van der Waals surface area (Å²) in [5, 5.41) is 3.79. The van der Waals surface area contributed by atoms with E-state index in [9.17, 15) is 0 Å². The summed E-state index contributed by atoms with van der Waals surface area (Å²) in [7, 11) is 0. The van der Waals surface area contributed by atoms with Gasteiger partial charge < -0.3 is 0 Å². The highest BCUT2D eigenvalue weighted by Crippen LogP contribution is 2.34. The predicted molar refractivity (Wildman–Crippen MR) is 79.4 cm³/mol. The van der Waals surface area contributed by atoms with Crippen LogP contribution in [-0.4, -0.2) is 0 Å². The van der Waals surface area contributed by atoms with E-state index in [-0.39, 0.29) is 5.41 Å². The van der Waals surface area contributed by atoms with E-state index in [1.807, 2.05) is 42.5 Å². The number of hydrogen-bond acceptors (Lipinski definition) is 1. The lowest BCUT2D eigenvalue weighted by Gasteiger charge is -2.20. The topological polar surface area (TPSA) is 48.8 Å². The second-order valence-corrected chi connectivity index (χ2v) is 5.54. The molecule has 0 N–H and O–H groups in total. The maximum atomic E-state index is 8.68. The molecule has 3 nitrogen and oxygen atoms in total. The molecule has 0 aromatic heterocycles. The molecule has 0 aliphatic rings. The molecule has 19 heavy (non-hydrogen) atoms. The van der Waals surface area contributed by atoms with Crippen LogP contribution in [0.4, 0.5) is 5.69 Å². The maximum absolute atomic E-state index is 8.68. The minimum Gasteiger partial charge on any atom is -0.0622 e. The molecule has 0 amide bonds. The molecular formula is C16H17N3. The van der Waals surface area contributed by atoms with Gasteiger partial charge >= 0.3 is 0 Å². The number of rotatable bonds is 2. The van der Waals surface area contributed by atoms with E-state index in [2.05, 4.69) is 36.9 Å². The Labute approximate surface area is 113 Å². The van der Waals surface area contributed by atoms with Gasteiger partial charge in [-0.1, -0.05) is 74.4 Å². The van der Waals surface area contributed by atoms with E-state index >= 15 is 0 Å². The molecule has 2 aromatic rings. The van der Waals surface area contributed by atoms with Gasteiger partial charge in [-0.3, -0.25) is 0 Å². The highest BCUT2D eigenvalue weighted by atomic mass is 15.1. The minimum absolute atomic E-state index is 0.0679. The molecule has 0 atom stereocenters. The lowest BCUT2D eigenvalue weighted by Crippen LogP contribution is -2.10. The van der Waals surface area contributed by atoms with E-state index in [0.29, 0.717) is 5.69 Å². The van der Waals surface area contributed by atoms with Crippen molar-refractivity contribution in [2.24, 2.45) is 5.11 Å². The summed E-state index contributed by atoms with van der Waals surface area (Å²) < 4.78 is 0. The van der Waals surface area contributed by atoms with Gasteiger partial charge in [-0.05, 0) is 27.6 Å². The van der Waals surface area contributed by atoms with Crippen LogP contribution in [0.25, 0.3) is 21.6 Å². The second kappa shape index (κ2) is 5.17. The predicted octanol–water partition coefficient (Wildman–Crippen LogP) is 5.59. The van der Waals surface area contributed by atoms with Gasteiger partial charge in [0.2, 0.25) is 0 Å². The molecule has 96 valence electrons. The van der Waals surface area contributed by atoms with Crippen LogP contribution in [0, 0.1) is 0 Å². The molecule has 0 saturated heterocycles. The minimum atomic E-state index is 0.0679. The van der Waals surface area contributed by atoms with Crippen molar-refractivity contribution in [3.05, 3.63) is 64.5 Å². The van der Waals surface area contributed by atoms with Crippen LogP contribution in [-0.2, 0) is 5.41 Å². The molecular weight excluding hydrogens is 234 g/mol. The SMILES string of the molecule is CC(C)(C)c1ccc(N=[N+]=[N-])c(-c2ccccc2)c1. The largest absolute Gasteiger partial charge is 0.0622 e. The first-order valence-electron chi connectivity index (χ1n) is 6.27. The summed E-state index contributed by atoms with van der Waals surface area (Å²) >= 11 is 0. The number of hydrogen-bond donors (Lipinski definition) is 0. The van der Waals surface area contributed by atoms with Crippen molar-refractivity contribution in [2.45, 2.75) is 26.2 Å². The molecule has 0 aliphatic carbocycles. The molecule has 2 aromatic carbocycles. The highest BCUT2D eigenvalue weighted by molar-refractivity contribution is 5.76. The van der Waals surface area contributed by atoms with Crippen LogP contribution in [0.15, 0.2) is 53.6 Å². The smallest absolute Gasteiger partial charge is 0.0453 e. The van der Waals surface area contributed by atoms with Crippen LogP contribution < -0.4 is 0 Å². The molecule has 0 aliphatic heterocycles. The Hall–Kier alpha value is -2.25. The van der Waals surface area contributed by atoms with Crippen LogP contribution in [0.1, 0.15) is 26.3 Å². The summed E-state index contributed by atoms with van der Waals surface area (Å²) in [5.74, 6) is 0. The molecule has 0 unspecified atom stereocenters. The average Bonchev–Trinajstić information content (AvgIpc) is 2.39. The van der Waals surface area contributed by atoms with E-state index in [4.69, 9.17) is 5.53 Å². The molecule has 0 fully saturated rings. The molecule has 2 rings (SSSR count). The number of benzene rings is 2. The van der Waals surface area contributed by atoms with E-state index in [0.717, 1.165) is 11.1 Å². The van der Waals surface area contributed by atoms with Gasteiger partial charge in [0.25, 0.3) is 0 Å². The fourth-order valence-corrected chi connectivity index (χ4v) is 1.99. The molecule has 0 heterocycles. The van der Waals surface area contributed by atoms with Gasteiger partial charge in [-0.15, -0.1) is 0 Å². The standard InChI is InChI=1S/C16H17N3/c1-16(2,3)13-9-10-15(18-19-17)14(11-13)12-7-5-4-6-8-12/h4-11H,1-3H3. The number of azide groups is 1. The van der Waals surface area contributed by atoms with E-state index in [1.54, 1.807) is 0 Å². The Morgan fingerprint density at radius 2 is 1.68 bits per heavy atom. The summed E-state index contributed by atoms with van der Waals surface area (Å²) in [4.78, 5) is 2.91. The Morgan fingerprint density at radius 1 is 1.00 bits per heavy atom. The van der Waals surface area contributed by atoms with Gasteiger partial charge in [-0.25, -0.2) is 0 Å². The zero-order valence-electron chi connectivity index (χ0n) is 11.5. The summed E-state index contributed by atoms with van der Waals surface area (Å²) in [6, 6.07) is 16.0. The molecule has 3 heteroatoms. The molecule has 0 bridgehead atoms. The Morgan fingerprint density at radius 3 is 2.26 bits per heavy atom. The van der Waals surface area contributed by atoms with E-state index in [1.165, 1.54) is 5.56 Å². The van der Waals surface area contributed by atoms with Crippen molar-refractivity contribution < 1.29 is 0 Å². The van der Waals surface area contributed by atoms with Crippen molar-refractivity contribution in [1.29, 1.82) is 0 Å². The molecule has 0 spiro atoms. The first-order valence-corrected chi connectivity index (χ1v) is 6.27. The third-order valence-electron chi connectivity index (χ3n) is 3.10. The van der Waals surface area contributed by atoms with Crippen molar-refractivity contribution in [2.75, 3.05) is 0 Å². The van der Waals surface area contributed by atoms with Crippen LogP contribution in [0.3, 0.4) is 0 Å². The van der Waals surface area contributed by atoms with E-state index < -0.39 is 0 Å². The van der Waals surface area contributed by atoms with Crippen LogP contribution in [0.5, 0.6) is 0 Å². The monoisotopic (exact) mass is 251 g/mol. The molecule has 0 saturated carbocycles. The van der Waals surface area contributed by atoms with Crippen molar-refractivity contribution >= 4 is 5.69 Å². The van der Waals surface area contributed by atoms with Gasteiger partial charge in [0, 0.05) is 10.6 Å². The Balaban J connectivity index is 2.64. The van der Waals surface area contributed by atoms with Crippen molar-refractivity contribution in [1.82, 2.24) is 0 Å². The fraction of sp³-hybridized carbons (Fsp3) is 0.250. The third kappa shape index (κ3) is 2.95. The van der Waals surface area contributed by atoms with Gasteiger partial charge in [0.15, 0.2) is 0 Å². The third-order valence-corrected chi connectivity index (χ3v) is 3.10. The normalized spacial score (nSPS) is 10.9. The first kappa shape index (κ1) is 13.2. The van der Waals surface area contributed by atoms with Crippen LogP contribution in [0.2, 0.25) is 0 Å². The summed E-state index contributed by atoms with van der Waals surface area (Å²) in [6.45, 7) is 6.51. The first-order chi connectivity index (χ1) is 9.02. The van der Waals surface area contributed by atoms with Crippen LogP contribution >= 0.6 is 0 Å². The van der Waals surface area contributed by atoms with Crippen molar-refractivity contribution in [3.63, 3.8) is 0 Å². The van der Waals surface area contributed by atoms with Gasteiger partial charge in [-0.2, -0.15) is 0 Å². The zero-order chi connectivity index (χ0) is 13.9. The summed E-state index contributed by atoms with van der Waals surface area (Å²) in [5.41, 5.74) is 12.7. The lowest BCUT2D eigenvalue weighted by atomic mass is 9.85. The van der Waals surface area contributed by atoms with Crippen molar-refractivity contribution in [3.8, 4) is 11.1 Å². The quantitative estimate of drug-likeness (QED) is 0.379. The fourth-order valence-electron chi connectivity index (χ4n) is 1.99.